The van der Waals surface area contributed by atoms with Gasteiger partial charge in [-0.2, -0.15) is 5.10 Å². The zero-order valence-electron chi connectivity index (χ0n) is 20.7. The van der Waals surface area contributed by atoms with Gasteiger partial charge >= 0.3 is 0 Å². The number of aliphatic hydroxyl groups is 1. The maximum absolute atomic E-state index is 14.1. The molecule has 1 N–H and O–H groups in total. The molecule has 0 saturated carbocycles. The Morgan fingerprint density at radius 1 is 1.13 bits per heavy atom. The number of anilines is 1. The number of rotatable bonds is 7. The van der Waals surface area contributed by atoms with Crippen molar-refractivity contribution in [3.05, 3.63) is 60.2 Å². The first-order chi connectivity index (χ1) is 18.1. The molecule has 0 unspecified atom stereocenters. The van der Waals surface area contributed by atoms with Crippen LogP contribution in [0.1, 0.15) is 37.2 Å². The van der Waals surface area contributed by atoms with Gasteiger partial charge in [-0.3, -0.25) is 9.78 Å². The van der Waals surface area contributed by atoms with Crippen molar-refractivity contribution in [3.8, 4) is 17.0 Å². The fourth-order valence-electron chi connectivity index (χ4n) is 4.29. The molecule has 0 bridgehead atoms. The monoisotopic (exact) mass is 526 g/mol. The Morgan fingerprint density at radius 2 is 1.89 bits per heavy atom. The summed E-state index contributed by atoms with van der Waals surface area (Å²) in [5.41, 5.74) is 0.269. The normalized spacial score (nSPS) is 14.7. The first-order valence-electron chi connectivity index (χ1n) is 12.0. The summed E-state index contributed by atoms with van der Waals surface area (Å²) >= 11 is 0. The van der Waals surface area contributed by atoms with E-state index in [9.17, 15) is 23.1 Å². The van der Waals surface area contributed by atoms with E-state index in [1.807, 2.05) is 4.90 Å². The number of ketones is 1. The van der Waals surface area contributed by atoms with Crippen LogP contribution < -0.4 is 9.64 Å². The molecular formula is C26H25F3N6O3. The summed E-state index contributed by atoms with van der Waals surface area (Å²) in [5.74, 6) is -1.50. The smallest absolute Gasteiger partial charge is 0.212 e. The Labute approximate surface area is 215 Å². The number of carbonyl (C=O) groups is 1. The van der Waals surface area contributed by atoms with E-state index in [1.165, 1.54) is 44.6 Å². The summed E-state index contributed by atoms with van der Waals surface area (Å²) in [6.45, 7) is 2.93. The summed E-state index contributed by atoms with van der Waals surface area (Å²) in [4.78, 5) is 28.2. The second kappa shape index (κ2) is 10.0. The zero-order chi connectivity index (χ0) is 27.0. The molecule has 3 aromatic heterocycles. The second-order valence-corrected chi connectivity index (χ2v) is 9.61. The molecule has 1 aliphatic rings. The quantitative estimate of drug-likeness (QED) is 0.359. The molecular weight excluding hydrogens is 501 g/mol. The van der Waals surface area contributed by atoms with Gasteiger partial charge in [0.15, 0.2) is 24.2 Å². The minimum Gasteiger partial charge on any atom is -0.487 e. The summed E-state index contributed by atoms with van der Waals surface area (Å²) in [6, 6.07) is 4.68. The fraction of sp³-hybridized carbons (Fsp3) is 0.346. The van der Waals surface area contributed by atoms with Crippen molar-refractivity contribution >= 4 is 22.6 Å². The van der Waals surface area contributed by atoms with E-state index >= 15 is 0 Å². The predicted octanol–water partition coefficient (Wildman–Crippen LogP) is 4.09. The number of alkyl halides is 1. The molecule has 4 aromatic rings. The third kappa shape index (κ3) is 5.17. The summed E-state index contributed by atoms with van der Waals surface area (Å²) < 4.78 is 47.4. The minimum atomic E-state index is -1.61. The van der Waals surface area contributed by atoms with Crippen LogP contribution in [0.4, 0.5) is 19.0 Å². The topological polar surface area (TPSA) is 106 Å². The molecule has 0 amide bonds. The molecule has 1 aliphatic heterocycles. The number of hydrogen-bond acceptors (Lipinski definition) is 8. The highest BCUT2D eigenvalue weighted by atomic mass is 19.1. The van der Waals surface area contributed by atoms with E-state index in [-0.39, 0.29) is 17.5 Å². The van der Waals surface area contributed by atoms with E-state index in [0.29, 0.717) is 54.0 Å². The molecule has 0 atom stereocenters. The van der Waals surface area contributed by atoms with Crippen LogP contribution in [0.3, 0.4) is 0 Å². The molecule has 1 fully saturated rings. The SMILES string of the molecule is CC(C)(O)C(=O)c1cc2nc(N3CCC(Oc4ccc(F)cc4F)CC3)c(-c3cnn(CF)c3)nc2cn1. The maximum atomic E-state index is 14.1. The second-order valence-electron chi connectivity index (χ2n) is 9.61. The summed E-state index contributed by atoms with van der Waals surface area (Å²) in [5, 5.41) is 14.1. The Morgan fingerprint density at radius 3 is 2.55 bits per heavy atom. The van der Waals surface area contributed by atoms with Gasteiger partial charge in [0.1, 0.15) is 34.4 Å². The van der Waals surface area contributed by atoms with E-state index in [1.54, 1.807) is 0 Å². The molecule has 38 heavy (non-hydrogen) atoms. The Bertz CT molecular complexity index is 1500. The lowest BCUT2D eigenvalue weighted by Crippen LogP contribution is -2.39. The third-order valence-corrected chi connectivity index (χ3v) is 6.28. The molecule has 4 heterocycles. The molecule has 0 radical (unpaired) electrons. The third-order valence-electron chi connectivity index (χ3n) is 6.28. The number of benzene rings is 1. The van der Waals surface area contributed by atoms with E-state index < -0.39 is 29.8 Å². The van der Waals surface area contributed by atoms with Crippen LogP contribution in [0, 0.1) is 11.6 Å². The first kappa shape index (κ1) is 25.6. The molecule has 0 aliphatic carbocycles. The predicted molar refractivity (Wildman–Crippen MR) is 133 cm³/mol. The van der Waals surface area contributed by atoms with Crippen LogP contribution in [0.2, 0.25) is 0 Å². The number of pyridine rings is 1. The van der Waals surface area contributed by atoms with Gasteiger partial charge in [0.2, 0.25) is 5.78 Å². The van der Waals surface area contributed by atoms with Crippen LogP contribution in [0.15, 0.2) is 42.9 Å². The van der Waals surface area contributed by atoms with Crippen molar-refractivity contribution in [2.75, 3.05) is 18.0 Å². The van der Waals surface area contributed by atoms with Gasteiger partial charge in [-0.25, -0.2) is 27.8 Å². The van der Waals surface area contributed by atoms with Crippen LogP contribution >= 0.6 is 0 Å². The van der Waals surface area contributed by atoms with Crippen LogP contribution in [-0.2, 0) is 6.80 Å². The summed E-state index contributed by atoms with van der Waals surface area (Å²) in [7, 11) is 0. The number of hydrogen-bond donors (Lipinski definition) is 1. The molecule has 12 heteroatoms. The van der Waals surface area contributed by atoms with Crippen LogP contribution in [0.25, 0.3) is 22.3 Å². The van der Waals surface area contributed by atoms with Gasteiger partial charge in [0.25, 0.3) is 0 Å². The largest absolute Gasteiger partial charge is 0.487 e. The van der Waals surface area contributed by atoms with Gasteiger partial charge in [0, 0.05) is 43.8 Å². The number of piperidine rings is 1. The van der Waals surface area contributed by atoms with Gasteiger partial charge in [-0.05, 0) is 32.0 Å². The molecule has 5 rings (SSSR count). The zero-order valence-corrected chi connectivity index (χ0v) is 20.7. The molecule has 0 spiro atoms. The number of ether oxygens (including phenoxy) is 1. The van der Waals surface area contributed by atoms with Crippen LogP contribution in [-0.4, -0.2) is 60.4 Å². The fourth-order valence-corrected chi connectivity index (χ4v) is 4.29. The van der Waals surface area contributed by atoms with Gasteiger partial charge in [0.05, 0.1) is 17.9 Å². The number of carbonyl (C=O) groups excluding carboxylic acids is 1. The highest BCUT2D eigenvalue weighted by molar-refractivity contribution is 6.02. The molecule has 9 nitrogen and oxygen atoms in total. The van der Waals surface area contributed by atoms with Crippen molar-refractivity contribution in [2.24, 2.45) is 0 Å². The number of aromatic nitrogens is 5. The lowest BCUT2D eigenvalue weighted by Gasteiger charge is -2.33. The van der Waals surface area contributed by atoms with Gasteiger partial charge in [-0.15, -0.1) is 0 Å². The van der Waals surface area contributed by atoms with Crippen molar-refractivity contribution < 1.29 is 27.8 Å². The first-order valence-corrected chi connectivity index (χ1v) is 12.0. The lowest BCUT2D eigenvalue weighted by molar-refractivity contribution is 0.0482. The highest BCUT2D eigenvalue weighted by Gasteiger charge is 2.29. The van der Waals surface area contributed by atoms with Crippen molar-refractivity contribution in [1.29, 1.82) is 0 Å². The number of halogens is 3. The molecule has 1 aromatic carbocycles. The van der Waals surface area contributed by atoms with Crippen molar-refractivity contribution in [2.45, 2.75) is 45.2 Å². The Kier molecular flexibility index (Phi) is 6.74. The maximum Gasteiger partial charge on any atom is 0.212 e. The number of nitrogens with zero attached hydrogens (tertiary/aromatic N) is 6. The Balaban J connectivity index is 1.46. The summed E-state index contributed by atoms with van der Waals surface area (Å²) in [6.07, 6.45) is 5.18. The van der Waals surface area contributed by atoms with Gasteiger partial charge in [-0.1, -0.05) is 0 Å². The lowest BCUT2D eigenvalue weighted by atomic mass is 10.0. The van der Waals surface area contributed by atoms with E-state index in [0.717, 1.165) is 16.8 Å². The number of Topliss-reactive ketones (excluding diaryl/α,β-unsaturated/α-hetero) is 1. The average molecular weight is 527 g/mol. The number of fused-ring (bicyclic) bond motifs is 1. The van der Waals surface area contributed by atoms with Crippen molar-refractivity contribution in [3.63, 3.8) is 0 Å². The van der Waals surface area contributed by atoms with Crippen molar-refractivity contribution in [1.82, 2.24) is 24.7 Å². The van der Waals surface area contributed by atoms with E-state index in [4.69, 9.17) is 14.7 Å². The van der Waals surface area contributed by atoms with Crippen LogP contribution in [0.5, 0.6) is 5.75 Å². The van der Waals surface area contributed by atoms with Gasteiger partial charge < -0.3 is 14.7 Å². The molecule has 198 valence electrons. The van der Waals surface area contributed by atoms with E-state index in [2.05, 4.69) is 10.1 Å². The Hall–Kier alpha value is -4.06. The molecule has 1 saturated heterocycles. The average Bonchev–Trinajstić information content (AvgIpc) is 3.38. The highest BCUT2D eigenvalue weighted by Crippen LogP contribution is 2.32. The standard InChI is InChI=1S/C26H25F3N6O3/c1-26(2,37)24(36)20-10-19-21(12-30-20)32-23(15-11-31-35(13-15)14-27)25(33-19)34-7-5-17(6-8-34)38-22-4-3-16(28)9-18(22)29/h3-4,9-13,17,37H,5-8,14H2,1-2H3. The minimum absolute atomic E-state index is 0.00817.